The van der Waals surface area contributed by atoms with Crippen molar-refractivity contribution in [2.45, 2.75) is 57.2 Å². The van der Waals surface area contributed by atoms with Gasteiger partial charge in [0, 0.05) is 70.9 Å². The Morgan fingerprint density at radius 2 is 1.74 bits per heavy atom. The molecule has 4 aromatic rings. The minimum Gasteiger partial charge on any atom is -0.368 e. The van der Waals surface area contributed by atoms with Crippen molar-refractivity contribution in [2.24, 2.45) is 0 Å². The zero-order valence-electron chi connectivity index (χ0n) is 29.5. The quantitative estimate of drug-likeness (QED) is 0.257. The SMILES string of the molecule is CN(C)C(=O)c1cc2cnc(Nc3ccc(N4CCN(Cc5cc(F)c6c(c5)C(=O)N(C5CCC(=O)NC5=O)C6=O)CC4)cn3)nc2n1C1CCCC1. The molecule has 1 atom stereocenters. The molecule has 3 fully saturated rings. The Bertz CT molecular complexity index is 2150. The van der Waals surface area contributed by atoms with Gasteiger partial charge in [0.05, 0.1) is 23.0 Å². The zero-order chi connectivity index (χ0) is 37.0. The third-order valence-electron chi connectivity index (χ3n) is 10.6. The lowest BCUT2D eigenvalue weighted by Gasteiger charge is -2.36. The molecular formula is C37H39FN10O5. The van der Waals surface area contributed by atoms with Gasteiger partial charge in [0.25, 0.3) is 17.7 Å². The molecule has 0 radical (unpaired) electrons. The molecule has 53 heavy (non-hydrogen) atoms. The molecule has 0 spiro atoms. The first kappa shape index (κ1) is 34.3. The molecule has 2 N–H and O–H groups in total. The number of benzene rings is 1. The van der Waals surface area contributed by atoms with Crippen molar-refractivity contribution < 1.29 is 28.4 Å². The molecule has 0 bridgehead atoms. The number of nitrogens with one attached hydrogen (secondary N) is 2. The fourth-order valence-electron chi connectivity index (χ4n) is 7.87. The van der Waals surface area contributed by atoms with Crippen LogP contribution in [0.5, 0.6) is 0 Å². The molecule has 1 saturated carbocycles. The van der Waals surface area contributed by atoms with Crippen molar-refractivity contribution in [3.05, 3.63) is 70.9 Å². The van der Waals surface area contributed by atoms with Gasteiger partial charge in [-0.2, -0.15) is 4.98 Å². The van der Waals surface area contributed by atoms with Crippen molar-refractivity contribution in [1.29, 1.82) is 0 Å². The second-order valence-corrected chi connectivity index (χ2v) is 14.2. The van der Waals surface area contributed by atoms with Crippen LogP contribution in [0.4, 0.5) is 21.8 Å². The van der Waals surface area contributed by atoms with E-state index in [1.807, 2.05) is 18.2 Å². The first-order valence-corrected chi connectivity index (χ1v) is 17.9. The Labute approximate surface area is 304 Å². The molecular weight excluding hydrogens is 683 g/mol. The molecule has 1 unspecified atom stereocenters. The average Bonchev–Trinajstić information content (AvgIpc) is 3.86. The number of anilines is 3. The number of carbonyl (C=O) groups is 5. The number of fused-ring (bicyclic) bond motifs is 2. The van der Waals surface area contributed by atoms with Gasteiger partial charge in [0.2, 0.25) is 17.8 Å². The maximum atomic E-state index is 15.3. The summed E-state index contributed by atoms with van der Waals surface area (Å²) >= 11 is 0. The van der Waals surface area contributed by atoms with E-state index in [0.29, 0.717) is 55.7 Å². The molecule has 15 nitrogen and oxygen atoms in total. The number of rotatable bonds is 8. The van der Waals surface area contributed by atoms with Crippen LogP contribution in [0.3, 0.4) is 0 Å². The van der Waals surface area contributed by atoms with E-state index in [4.69, 9.17) is 4.98 Å². The number of piperazine rings is 1. The summed E-state index contributed by atoms with van der Waals surface area (Å²) < 4.78 is 17.3. The monoisotopic (exact) mass is 722 g/mol. The molecule has 8 rings (SSSR count). The molecule has 2 saturated heterocycles. The second kappa shape index (κ2) is 13.7. The van der Waals surface area contributed by atoms with Crippen molar-refractivity contribution in [2.75, 3.05) is 50.5 Å². The third-order valence-corrected chi connectivity index (χ3v) is 10.6. The predicted molar refractivity (Wildman–Crippen MR) is 191 cm³/mol. The van der Waals surface area contributed by atoms with Crippen LogP contribution in [0.1, 0.15) is 81.3 Å². The number of halogens is 1. The van der Waals surface area contributed by atoms with Crippen molar-refractivity contribution in [1.82, 2.24) is 39.5 Å². The van der Waals surface area contributed by atoms with Crippen molar-refractivity contribution in [3.8, 4) is 0 Å². The van der Waals surface area contributed by atoms with Crippen LogP contribution < -0.4 is 15.5 Å². The van der Waals surface area contributed by atoms with Gasteiger partial charge < -0.3 is 19.7 Å². The summed E-state index contributed by atoms with van der Waals surface area (Å²) in [6.45, 7) is 3.09. The summed E-state index contributed by atoms with van der Waals surface area (Å²) in [5.74, 6) is -2.68. The lowest BCUT2D eigenvalue weighted by Crippen LogP contribution is -2.54. The Kier molecular flexibility index (Phi) is 8.84. The molecule has 1 aliphatic carbocycles. The summed E-state index contributed by atoms with van der Waals surface area (Å²) in [6.07, 6.45) is 7.78. The van der Waals surface area contributed by atoms with Crippen LogP contribution in [-0.4, -0.2) is 110 Å². The highest BCUT2D eigenvalue weighted by Gasteiger charge is 2.46. The van der Waals surface area contributed by atoms with Crippen molar-refractivity contribution in [3.63, 3.8) is 0 Å². The summed E-state index contributed by atoms with van der Waals surface area (Å²) in [5.41, 5.74) is 2.44. The standard InChI is InChI=1S/C37H39FN10O5/c1-44(2)35(52)28-17-22-18-40-37(43-32(22)47(28)23-5-3-4-6-23)41-29-9-7-24(19-39-29)46-13-11-45(12-14-46)20-21-15-25-31(26(38)16-21)36(53)48(34(25)51)27-8-10-30(49)42-33(27)50/h7,9,15-19,23,27H,3-6,8,10-14,20H2,1-2H3,(H,42,49,50)(H,39,40,41,43). The normalized spacial score (nSPS) is 19.6. The highest BCUT2D eigenvalue weighted by atomic mass is 19.1. The number of hydrogen-bond acceptors (Lipinski definition) is 11. The number of piperidine rings is 1. The van der Waals surface area contributed by atoms with Gasteiger partial charge in [-0.15, -0.1) is 0 Å². The van der Waals surface area contributed by atoms with Gasteiger partial charge in [-0.25, -0.2) is 14.4 Å². The lowest BCUT2D eigenvalue weighted by atomic mass is 10.0. The largest absolute Gasteiger partial charge is 0.368 e. The van der Waals surface area contributed by atoms with E-state index in [-0.39, 0.29) is 35.9 Å². The van der Waals surface area contributed by atoms with E-state index in [9.17, 15) is 24.0 Å². The van der Waals surface area contributed by atoms with Gasteiger partial charge in [-0.05, 0) is 55.2 Å². The number of pyridine rings is 1. The minimum absolute atomic E-state index is 0.00603. The summed E-state index contributed by atoms with van der Waals surface area (Å²) in [6, 6.07) is 7.59. The summed E-state index contributed by atoms with van der Waals surface area (Å²) in [4.78, 5) is 83.9. The molecule has 3 aromatic heterocycles. The van der Waals surface area contributed by atoms with E-state index in [0.717, 1.165) is 47.3 Å². The van der Waals surface area contributed by atoms with Crippen LogP contribution in [-0.2, 0) is 16.1 Å². The Morgan fingerprint density at radius 1 is 0.962 bits per heavy atom. The van der Waals surface area contributed by atoms with E-state index in [2.05, 4.69) is 35.0 Å². The molecule has 3 aliphatic heterocycles. The average molecular weight is 723 g/mol. The summed E-state index contributed by atoms with van der Waals surface area (Å²) in [5, 5.41) is 6.18. The number of carbonyl (C=O) groups excluding carboxylic acids is 5. The molecule has 1 aromatic carbocycles. The number of hydrogen-bond donors (Lipinski definition) is 2. The molecule has 274 valence electrons. The summed E-state index contributed by atoms with van der Waals surface area (Å²) in [7, 11) is 3.50. The molecule has 6 heterocycles. The van der Waals surface area contributed by atoms with Gasteiger partial charge in [0.15, 0.2) is 0 Å². The lowest BCUT2D eigenvalue weighted by molar-refractivity contribution is -0.136. The second-order valence-electron chi connectivity index (χ2n) is 14.2. The molecule has 16 heteroatoms. The van der Waals surface area contributed by atoms with E-state index >= 15 is 4.39 Å². The maximum absolute atomic E-state index is 15.3. The Balaban J connectivity index is 0.902. The number of aromatic nitrogens is 4. The Hall–Kier alpha value is -5.77. The van der Waals surface area contributed by atoms with Crippen LogP contribution in [0.2, 0.25) is 0 Å². The number of nitrogens with zero attached hydrogens (tertiary/aromatic N) is 8. The fraction of sp³-hybridized carbons (Fsp3) is 0.405. The predicted octanol–water partition coefficient (Wildman–Crippen LogP) is 3.25. The third kappa shape index (κ3) is 6.36. The van der Waals surface area contributed by atoms with E-state index < -0.39 is 35.5 Å². The first-order valence-electron chi connectivity index (χ1n) is 17.9. The van der Waals surface area contributed by atoms with E-state index in [1.54, 1.807) is 31.4 Å². The zero-order valence-corrected chi connectivity index (χ0v) is 29.5. The number of amides is 5. The van der Waals surface area contributed by atoms with Gasteiger partial charge in [-0.3, -0.25) is 39.1 Å². The minimum atomic E-state index is -1.15. The van der Waals surface area contributed by atoms with Crippen LogP contribution in [0, 0.1) is 5.82 Å². The van der Waals surface area contributed by atoms with Gasteiger partial charge in [0.1, 0.15) is 29.0 Å². The number of imide groups is 2. The highest BCUT2D eigenvalue weighted by Crippen LogP contribution is 2.35. The molecule has 4 aliphatic rings. The maximum Gasteiger partial charge on any atom is 0.270 e. The van der Waals surface area contributed by atoms with Gasteiger partial charge >= 0.3 is 0 Å². The highest BCUT2D eigenvalue weighted by molar-refractivity contribution is 6.23. The first-order chi connectivity index (χ1) is 25.5. The smallest absolute Gasteiger partial charge is 0.270 e. The fourth-order valence-corrected chi connectivity index (χ4v) is 7.87. The Morgan fingerprint density at radius 3 is 2.43 bits per heavy atom. The van der Waals surface area contributed by atoms with Crippen LogP contribution in [0.25, 0.3) is 11.0 Å². The molecule has 5 amide bonds. The van der Waals surface area contributed by atoms with Crippen LogP contribution in [0.15, 0.2) is 42.7 Å². The van der Waals surface area contributed by atoms with Crippen LogP contribution >= 0.6 is 0 Å². The van der Waals surface area contributed by atoms with E-state index in [1.165, 1.54) is 12.1 Å². The topological polar surface area (TPSA) is 166 Å². The van der Waals surface area contributed by atoms with Gasteiger partial charge in [-0.1, -0.05) is 12.8 Å². The van der Waals surface area contributed by atoms with Crippen molar-refractivity contribution >= 4 is 58.0 Å².